The molecule has 6 heteroatoms. The minimum Gasteiger partial charge on any atom is -0.465 e. The third-order valence-corrected chi connectivity index (χ3v) is 9.78. The van der Waals surface area contributed by atoms with E-state index in [1.807, 2.05) is 0 Å². The molecule has 0 saturated carbocycles. The predicted molar refractivity (Wildman–Crippen MR) is 81.6 cm³/mol. The van der Waals surface area contributed by atoms with E-state index in [1.165, 1.54) is 0 Å². The summed E-state index contributed by atoms with van der Waals surface area (Å²) in [5.41, 5.74) is 0. The van der Waals surface area contributed by atoms with Crippen LogP contribution in [0.15, 0.2) is 0 Å². The van der Waals surface area contributed by atoms with Crippen LogP contribution in [0.2, 0.25) is 18.1 Å². The quantitative estimate of drug-likeness (QED) is 0.786. The lowest BCUT2D eigenvalue weighted by Gasteiger charge is -2.42. The molecule has 2 bridgehead atoms. The summed E-state index contributed by atoms with van der Waals surface area (Å²) in [6.07, 6.45) is 1.15. The van der Waals surface area contributed by atoms with Crippen molar-refractivity contribution in [3.8, 4) is 0 Å². The summed E-state index contributed by atoms with van der Waals surface area (Å²) >= 11 is 0. The number of nitrogens with one attached hydrogen (secondary N) is 1. The van der Waals surface area contributed by atoms with E-state index in [1.54, 1.807) is 4.90 Å². The molecule has 20 heavy (non-hydrogen) atoms. The van der Waals surface area contributed by atoms with Gasteiger partial charge in [0.05, 0.1) is 12.6 Å². The first-order valence-corrected chi connectivity index (χ1v) is 10.4. The van der Waals surface area contributed by atoms with Gasteiger partial charge in [-0.3, -0.25) is 4.90 Å². The molecule has 0 aliphatic carbocycles. The molecule has 2 heterocycles. The minimum absolute atomic E-state index is 0.0796. The van der Waals surface area contributed by atoms with Gasteiger partial charge in [-0.1, -0.05) is 20.8 Å². The molecule has 2 aliphatic rings. The monoisotopic (exact) mass is 300 g/mol. The van der Waals surface area contributed by atoms with Gasteiger partial charge in [-0.2, -0.15) is 0 Å². The van der Waals surface area contributed by atoms with Crippen LogP contribution in [0, 0.1) is 0 Å². The van der Waals surface area contributed by atoms with Crippen molar-refractivity contribution in [1.82, 2.24) is 10.2 Å². The second-order valence-corrected chi connectivity index (χ2v) is 12.4. The zero-order chi connectivity index (χ0) is 15.1. The first-order valence-electron chi connectivity index (χ1n) is 7.52. The van der Waals surface area contributed by atoms with Crippen LogP contribution < -0.4 is 5.32 Å². The Morgan fingerprint density at radius 3 is 2.60 bits per heavy atom. The molecular formula is C14H28N2O3Si. The number of piperazine rings is 1. The van der Waals surface area contributed by atoms with Crippen molar-refractivity contribution < 1.29 is 14.3 Å². The molecule has 0 aromatic carbocycles. The van der Waals surface area contributed by atoms with E-state index in [4.69, 9.17) is 4.43 Å². The molecule has 2 rings (SSSR count). The Balaban J connectivity index is 1.99. The van der Waals surface area contributed by atoms with Gasteiger partial charge < -0.3 is 14.8 Å². The Bertz CT molecular complexity index is 381. The molecule has 1 amide bonds. The SMILES string of the molecule is CC(C)(C)[Si](C)(C)OC[C@H]1NC[C@@H]2CC[C@H]1N2C(=O)O. The Morgan fingerprint density at radius 1 is 1.40 bits per heavy atom. The number of amides is 1. The first kappa shape index (κ1) is 15.8. The van der Waals surface area contributed by atoms with Crippen LogP contribution in [0.4, 0.5) is 4.79 Å². The smallest absolute Gasteiger partial charge is 0.407 e. The van der Waals surface area contributed by atoms with E-state index < -0.39 is 14.4 Å². The van der Waals surface area contributed by atoms with Gasteiger partial charge in [0.1, 0.15) is 0 Å². The van der Waals surface area contributed by atoms with Crippen molar-refractivity contribution in [2.75, 3.05) is 13.2 Å². The molecule has 3 atom stereocenters. The Kier molecular flexibility index (Phi) is 4.19. The number of carbonyl (C=O) groups is 1. The lowest BCUT2D eigenvalue weighted by Crippen LogP contribution is -2.61. The van der Waals surface area contributed by atoms with Crippen LogP contribution >= 0.6 is 0 Å². The van der Waals surface area contributed by atoms with Gasteiger partial charge in [0.25, 0.3) is 0 Å². The summed E-state index contributed by atoms with van der Waals surface area (Å²) in [7, 11) is -1.77. The van der Waals surface area contributed by atoms with Crippen molar-refractivity contribution in [2.45, 2.75) is 69.9 Å². The zero-order valence-electron chi connectivity index (χ0n) is 13.3. The molecule has 5 nitrogen and oxygen atoms in total. The molecule has 0 spiro atoms. The Hall–Kier alpha value is -0.593. The number of fused-ring (bicyclic) bond motifs is 2. The van der Waals surface area contributed by atoms with Gasteiger partial charge in [0.2, 0.25) is 0 Å². The average Bonchev–Trinajstić information content (AvgIpc) is 2.62. The van der Waals surface area contributed by atoms with Gasteiger partial charge in [0, 0.05) is 18.6 Å². The third-order valence-electron chi connectivity index (χ3n) is 5.28. The fraction of sp³-hybridized carbons (Fsp3) is 0.929. The molecule has 0 unspecified atom stereocenters. The van der Waals surface area contributed by atoms with Crippen molar-refractivity contribution in [3.05, 3.63) is 0 Å². The van der Waals surface area contributed by atoms with Crippen LogP contribution in [-0.4, -0.2) is 55.7 Å². The molecular weight excluding hydrogens is 272 g/mol. The average molecular weight is 300 g/mol. The van der Waals surface area contributed by atoms with E-state index >= 15 is 0 Å². The topological polar surface area (TPSA) is 61.8 Å². The van der Waals surface area contributed by atoms with Crippen molar-refractivity contribution in [3.63, 3.8) is 0 Å². The van der Waals surface area contributed by atoms with Crippen LogP contribution in [0.5, 0.6) is 0 Å². The highest BCUT2D eigenvalue weighted by molar-refractivity contribution is 6.74. The highest BCUT2D eigenvalue weighted by atomic mass is 28.4. The van der Waals surface area contributed by atoms with E-state index in [0.29, 0.717) is 6.61 Å². The lowest BCUT2D eigenvalue weighted by atomic mass is 10.1. The zero-order valence-corrected chi connectivity index (χ0v) is 14.3. The fourth-order valence-electron chi connectivity index (χ4n) is 2.91. The van der Waals surface area contributed by atoms with E-state index in [0.717, 1.165) is 19.4 Å². The van der Waals surface area contributed by atoms with E-state index in [-0.39, 0.29) is 23.2 Å². The number of hydrogen-bond donors (Lipinski definition) is 2. The molecule has 2 N–H and O–H groups in total. The molecule has 2 saturated heterocycles. The van der Waals surface area contributed by atoms with Crippen LogP contribution in [0.3, 0.4) is 0 Å². The van der Waals surface area contributed by atoms with Gasteiger partial charge in [-0.05, 0) is 31.0 Å². The van der Waals surface area contributed by atoms with Crippen molar-refractivity contribution >= 4 is 14.4 Å². The normalized spacial score (nSPS) is 30.6. The van der Waals surface area contributed by atoms with E-state index in [9.17, 15) is 9.90 Å². The number of hydrogen-bond acceptors (Lipinski definition) is 3. The van der Waals surface area contributed by atoms with E-state index in [2.05, 4.69) is 39.2 Å². The van der Waals surface area contributed by atoms with Crippen molar-refractivity contribution in [2.24, 2.45) is 0 Å². The maximum Gasteiger partial charge on any atom is 0.407 e. The summed E-state index contributed by atoms with van der Waals surface area (Å²) in [6, 6.07) is 0.372. The maximum absolute atomic E-state index is 11.4. The molecule has 0 aromatic heterocycles. The third kappa shape index (κ3) is 2.87. The van der Waals surface area contributed by atoms with Gasteiger partial charge in [0.15, 0.2) is 8.32 Å². The Morgan fingerprint density at radius 2 is 2.05 bits per heavy atom. The number of nitrogens with zero attached hydrogens (tertiary/aromatic N) is 1. The summed E-state index contributed by atoms with van der Waals surface area (Å²) in [5, 5.41) is 13.0. The Labute approximate surface area is 122 Å². The fourth-order valence-corrected chi connectivity index (χ4v) is 3.94. The molecule has 0 radical (unpaired) electrons. The summed E-state index contributed by atoms with van der Waals surface area (Å²) in [6.45, 7) is 12.5. The largest absolute Gasteiger partial charge is 0.465 e. The first-order chi connectivity index (χ1) is 9.13. The summed E-state index contributed by atoms with van der Waals surface area (Å²) in [5.74, 6) is 0. The summed E-state index contributed by atoms with van der Waals surface area (Å²) in [4.78, 5) is 13.0. The molecule has 0 aromatic rings. The molecule has 2 aliphatic heterocycles. The lowest BCUT2D eigenvalue weighted by molar-refractivity contribution is 0.0763. The van der Waals surface area contributed by atoms with Crippen LogP contribution in [0.1, 0.15) is 33.6 Å². The standard InChI is InChI=1S/C14H28N2O3Si/c1-14(2,3)20(4,5)19-9-11-12-7-6-10(8-15-11)16(12)13(17)18/h10-12,15H,6-9H2,1-5H3,(H,17,18)/t10-,11+,12+/m0/s1. The highest BCUT2D eigenvalue weighted by Gasteiger charge is 2.46. The predicted octanol–water partition coefficient (Wildman–Crippen LogP) is 2.49. The highest BCUT2D eigenvalue weighted by Crippen LogP contribution is 2.37. The van der Waals surface area contributed by atoms with Gasteiger partial charge in [-0.25, -0.2) is 4.79 Å². The molecule has 2 fully saturated rings. The number of rotatable bonds is 3. The van der Waals surface area contributed by atoms with Gasteiger partial charge in [-0.15, -0.1) is 0 Å². The minimum atomic E-state index is -1.77. The van der Waals surface area contributed by atoms with Crippen LogP contribution in [-0.2, 0) is 4.43 Å². The maximum atomic E-state index is 11.4. The summed E-state index contributed by atoms with van der Waals surface area (Å²) < 4.78 is 6.27. The second kappa shape index (κ2) is 5.31. The number of carboxylic acid groups (broad SMARTS) is 1. The van der Waals surface area contributed by atoms with Gasteiger partial charge >= 0.3 is 6.09 Å². The van der Waals surface area contributed by atoms with Crippen LogP contribution in [0.25, 0.3) is 0 Å². The second-order valence-electron chi connectivity index (χ2n) is 7.57. The molecule has 116 valence electrons. The van der Waals surface area contributed by atoms with Crippen molar-refractivity contribution in [1.29, 1.82) is 0 Å².